The summed E-state index contributed by atoms with van der Waals surface area (Å²) in [5.41, 5.74) is 3.16. The van der Waals surface area contributed by atoms with E-state index in [9.17, 15) is 4.79 Å². The Kier molecular flexibility index (Phi) is 4.82. The Labute approximate surface area is 156 Å². The Balaban J connectivity index is 1.30. The van der Waals surface area contributed by atoms with Crippen molar-refractivity contribution in [2.75, 3.05) is 19.7 Å². The number of tetrazole rings is 1. The van der Waals surface area contributed by atoms with Crippen LogP contribution in [0, 0.1) is 6.92 Å². The summed E-state index contributed by atoms with van der Waals surface area (Å²) < 4.78 is 7.23. The molecule has 1 aromatic carbocycles. The van der Waals surface area contributed by atoms with Crippen LogP contribution in [0.25, 0.3) is 5.69 Å². The van der Waals surface area contributed by atoms with Gasteiger partial charge in [-0.1, -0.05) is 6.07 Å². The highest BCUT2D eigenvalue weighted by atomic mass is 16.5. The molecule has 4 rings (SSSR count). The van der Waals surface area contributed by atoms with Crippen LogP contribution in [0.1, 0.15) is 30.0 Å². The zero-order chi connectivity index (χ0) is 18.6. The topological polar surface area (TPSA) is 102 Å². The minimum absolute atomic E-state index is 0.00242. The molecule has 9 heteroatoms. The predicted octanol–water partition coefficient (Wildman–Crippen LogP) is 1.48. The number of nitrogens with one attached hydrogen (secondary N) is 1. The van der Waals surface area contributed by atoms with E-state index in [1.54, 1.807) is 6.07 Å². The van der Waals surface area contributed by atoms with Crippen LogP contribution in [0.15, 0.2) is 36.8 Å². The zero-order valence-corrected chi connectivity index (χ0v) is 15.1. The molecule has 27 heavy (non-hydrogen) atoms. The molecule has 1 N–H and O–H groups in total. The number of ether oxygens (including phenoxy) is 1. The molecule has 1 aliphatic heterocycles. The lowest BCUT2D eigenvalue weighted by Crippen LogP contribution is -2.40. The van der Waals surface area contributed by atoms with Crippen molar-refractivity contribution in [1.82, 2.24) is 35.3 Å². The lowest BCUT2D eigenvalue weighted by molar-refractivity contribution is -0.134. The Hall–Kier alpha value is -3.23. The minimum atomic E-state index is 0.00242. The van der Waals surface area contributed by atoms with Crippen molar-refractivity contribution in [1.29, 1.82) is 0 Å². The maximum atomic E-state index is 12.5. The number of likely N-dealkylation sites (tertiary alicyclic amines) is 1. The van der Waals surface area contributed by atoms with Crippen molar-refractivity contribution >= 4 is 5.91 Å². The molecule has 1 amide bonds. The van der Waals surface area contributed by atoms with Gasteiger partial charge in [-0.3, -0.25) is 9.89 Å². The summed E-state index contributed by atoms with van der Waals surface area (Å²) in [5, 5.41) is 18.3. The first-order valence-electron chi connectivity index (χ1n) is 8.94. The second-order valence-corrected chi connectivity index (χ2v) is 6.66. The normalized spacial score (nSPS) is 15.1. The molecule has 3 aromatic rings. The van der Waals surface area contributed by atoms with Gasteiger partial charge < -0.3 is 9.64 Å². The van der Waals surface area contributed by atoms with Gasteiger partial charge in [-0.2, -0.15) is 5.10 Å². The summed E-state index contributed by atoms with van der Waals surface area (Å²) in [6.07, 6.45) is 5.23. The van der Waals surface area contributed by atoms with Gasteiger partial charge >= 0.3 is 0 Å². The summed E-state index contributed by atoms with van der Waals surface area (Å²) in [4.78, 5) is 14.4. The van der Waals surface area contributed by atoms with Crippen molar-refractivity contribution in [3.8, 4) is 11.4 Å². The van der Waals surface area contributed by atoms with Crippen LogP contribution in [-0.2, 0) is 4.79 Å². The molecular formula is C18H21N7O2. The minimum Gasteiger partial charge on any atom is -0.484 e. The van der Waals surface area contributed by atoms with Gasteiger partial charge in [0, 0.05) is 30.8 Å². The number of carbonyl (C=O) groups excluding carboxylic acids is 1. The highest BCUT2D eigenvalue weighted by Crippen LogP contribution is 2.28. The quantitative estimate of drug-likeness (QED) is 0.733. The fraction of sp³-hybridized carbons (Fsp3) is 0.389. The van der Waals surface area contributed by atoms with Crippen molar-refractivity contribution in [2.45, 2.75) is 25.7 Å². The third-order valence-corrected chi connectivity index (χ3v) is 4.92. The van der Waals surface area contributed by atoms with Gasteiger partial charge in [0.1, 0.15) is 12.1 Å². The van der Waals surface area contributed by atoms with Crippen LogP contribution >= 0.6 is 0 Å². The molecular weight excluding hydrogens is 346 g/mol. The van der Waals surface area contributed by atoms with Crippen LogP contribution in [-0.4, -0.2) is 60.9 Å². The standard InChI is InChI=1S/C18H21N7O2/c1-13-10-19-21-18(13)14-5-7-24(8-6-14)17(26)11-27-16-4-2-3-15(9-16)25-12-20-22-23-25/h2-4,9-10,12,14H,5-8,11H2,1H3,(H,19,21). The van der Waals surface area contributed by atoms with Crippen LogP contribution in [0.2, 0.25) is 0 Å². The maximum Gasteiger partial charge on any atom is 0.260 e. The first kappa shape index (κ1) is 17.2. The van der Waals surface area contributed by atoms with Gasteiger partial charge in [-0.05, 0) is 47.9 Å². The third kappa shape index (κ3) is 3.81. The smallest absolute Gasteiger partial charge is 0.260 e. The number of aromatic amines is 1. The fourth-order valence-corrected chi connectivity index (χ4v) is 3.42. The highest BCUT2D eigenvalue weighted by molar-refractivity contribution is 5.77. The Morgan fingerprint density at radius 2 is 2.19 bits per heavy atom. The summed E-state index contributed by atoms with van der Waals surface area (Å²) in [6.45, 7) is 3.55. The fourth-order valence-electron chi connectivity index (χ4n) is 3.42. The van der Waals surface area contributed by atoms with Crippen LogP contribution < -0.4 is 4.74 Å². The van der Waals surface area contributed by atoms with E-state index < -0.39 is 0 Å². The summed E-state index contributed by atoms with van der Waals surface area (Å²) in [6, 6.07) is 7.33. The van der Waals surface area contributed by atoms with Crippen molar-refractivity contribution in [2.24, 2.45) is 0 Å². The number of aromatic nitrogens is 6. The van der Waals surface area contributed by atoms with E-state index in [2.05, 4.69) is 32.6 Å². The molecule has 1 aliphatic rings. The molecule has 0 saturated carbocycles. The van der Waals surface area contributed by atoms with E-state index in [0.717, 1.165) is 31.6 Å². The van der Waals surface area contributed by atoms with Crippen LogP contribution in [0.5, 0.6) is 5.75 Å². The monoisotopic (exact) mass is 367 g/mol. The van der Waals surface area contributed by atoms with Gasteiger partial charge in [0.2, 0.25) is 0 Å². The number of benzene rings is 1. The number of nitrogens with zero attached hydrogens (tertiary/aromatic N) is 6. The number of hydrogen-bond acceptors (Lipinski definition) is 6. The van der Waals surface area contributed by atoms with Gasteiger partial charge in [0.05, 0.1) is 11.9 Å². The van der Waals surface area contributed by atoms with E-state index in [0.29, 0.717) is 11.7 Å². The second-order valence-electron chi connectivity index (χ2n) is 6.66. The number of hydrogen-bond donors (Lipinski definition) is 1. The van der Waals surface area contributed by atoms with Crippen LogP contribution in [0.4, 0.5) is 0 Å². The Morgan fingerprint density at radius 1 is 1.33 bits per heavy atom. The summed E-state index contributed by atoms with van der Waals surface area (Å²) >= 11 is 0. The van der Waals surface area contributed by atoms with Gasteiger partial charge in [-0.15, -0.1) is 5.10 Å². The van der Waals surface area contributed by atoms with Crippen LogP contribution in [0.3, 0.4) is 0 Å². The largest absolute Gasteiger partial charge is 0.484 e. The Morgan fingerprint density at radius 3 is 2.89 bits per heavy atom. The summed E-state index contributed by atoms with van der Waals surface area (Å²) in [7, 11) is 0. The molecule has 1 saturated heterocycles. The maximum absolute atomic E-state index is 12.5. The van der Waals surface area contributed by atoms with E-state index in [1.807, 2.05) is 29.3 Å². The molecule has 2 aromatic heterocycles. The lowest BCUT2D eigenvalue weighted by atomic mass is 9.92. The number of carbonyl (C=O) groups is 1. The van der Waals surface area contributed by atoms with E-state index >= 15 is 0 Å². The molecule has 0 bridgehead atoms. The van der Waals surface area contributed by atoms with Gasteiger partial charge in [-0.25, -0.2) is 4.68 Å². The number of H-pyrrole nitrogens is 1. The number of rotatable bonds is 5. The molecule has 0 aliphatic carbocycles. The molecule has 9 nitrogen and oxygen atoms in total. The first-order chi connectivity index (χ1) is 13.2. The average Bonchev–Trinajstić information content (AvgIpc) is 3.38. The zero-order valence-electron chi connectivity index (χ0n) is 15.1. The molecule has 0 radical (unpaired) electrons. The van der Waals surface area contributed by atoms with Crippen molar-refractivity contribution < 1.29 is 9.53 Å². The Bertz CT molecular complexity index is 898. The number of aryl methyl sites for hydroxylation is 1. The van der Waals surface area contributed by atoms with Crippen molar-refractivity contribution in [3.63, 3.8) is 0 Å². The second kappa shape index (κ2) is 7.56. The van der Waals surface area contributed by atoms with E-state index in [4.69, 9.17) is 4.74 Å². The third-order valence-electron chi connectivity index (χ3n) is 4.92. The van der Waals surface area contributed by atoms with Gasteiger partial charge in [0.15, 0.2) is 6.61 Å². The van der Waals surface area contributed by atoms with E-state index in [1.165, 1.54) is 22.3 Å². The van der Waals surface area contributed by atoms with E-state index in [-0.39, 0.29) is 12.5 Å². The average molecular weight is 367 g/mol. The SMILES string of the molecule is Cc1cn[nH]c1C1CCN(C(=O)COc2cccc(-n3cnnn3)c2)CC1. The molecule has 0 atom stereocenters. The molecule has 140 valence electrons. The molecule has 3 heterocycles. The number of amides is 1. The highest BCUT2D eigenvalue weighted by Gasteiger charge is 2.25. The summed E-state index contributed by atoms with van der Waals surface area (Å²) in [5.74, 6) is 1.05. The first-order valence-corrected chi connectivity index (χ1v) is 8.94. The lowest BCUT2D eigenvalue weighted by Gasteiger charge is -2.31. The molecule has 0 spiro atoms. The van der Waals surface area contributed by atoms with Gasteiger partial charge in [0.25, 0.3) is 5.91 Å². The molecule has 1 fully saturated rings. The molecule has 0 unspecified atom stereocenters. The number of piperidine rings is 1. The van der Waals surface area contributed by atoms with Crippen molar-refractivity contribution in [3.05, 3.63) is 48.0 Å². The predicted molar refractivity (Wildman–Crippen MR) is 96.5 cm³/mol.